The summed E-state index contributed by atoms with van der Waals surface area (Å²) in [5.41, 5.74) is 5.29. The number of fused-ring (bicyclic) bond motifs is 1. The van der Waals surface area contributed by atoms with E-state index in [-0.39, 0.29) is 0 Å². The van der Waals surface area contributed by atoms with Crippen molar-refractivity contribution in [3.8, 4) is 0 Å². The maximum atomic E-state index is 3.91. The quantitative estimate of drug-likeness (QED) is 0.626. The van der Waals surface area contributed by atoms with Crippen molar-refractivity contribution in [3.63, 3.8) is 0 Å². The first-order valence-electron chi connectivity index (χ1n) is 8.20. The van der Waals surface area contributed by atoms with Crippen molar-refractivity contribution in [1.29, 1.82) is 0 Å². The van der Waals surface area contributed by atoms with Crippen LogP contribution in [0.25, 0.3) is 10.9 Å². The van der Waals surface area contributed by atoms with Gasteiger partial charge in [0.1, 0.15) is 0 Å². The number of nitrogens with zero attached hydrogens (tertiary/aromatic N) is 1. The van der Waals surface area contributed by atoms with Gasteiger partial charge in [0.15, 0.2) is 0 Å². The Morgan fingerprint density at radius 1 is 1.13 bits per heavy atom. The molecule has 1 N–H and O–H groups in total. The van der Waals surface area contributed by atoms with Crippen LogP contribution in [0.1, 0.15) is 16.7 Å². The Kier molecular flexibility index (Phi) is 4.94. The lowest BCUT2D eigenvalue weighted by molar-refractivity contribution is 0.298. The van der Waals surface area contributed by atoms with E-state index in [1.165, 1.54) is 27.6 Å². The van der Waals surface area contributed by atoms with Crippen LogP contribution >= 0.6 is 0 Å². The maximum Gasteiger partial charge on any atom is 0.0456 e. The summed E-state index contributed by atoms with van der Waals surface area (Å²) in [6, 6.07) is 17.3. The third-order valence-electron chi connectivity index (χ3n) is 4.25. The number of hydrogen-bond acceptors (Lipinski definition) is 1. The van der Waals surface area contributed by atoms with Gasteiger partial charge in [0, 0.05) is 36.7 Å². The van der Waals surface area contributed by atoms with E-state index in [1.54, 1.807) is 0 Å². The number of aryl methyl sites for hydroxylation is 1. The molecule has 0 aliphatic carbocycles. The molecule has 0 unspecified atom stereocenters. The van der Waals surface area contributed by atoms with Crippen molar-refractivity contribution < 1.29 is 0 Å². The van der Waals surface area contributed by atoms with E-state index in [0.717, 1.165) is 26.1 Å². The second kappa shape index (κ2) is 7.30. The maximum absolute atomic E-state index is 3.91. The van der Waals surface area contributed by atoms with Crippen molar-refractivity contribution in [3.05, 3.63) is 84.1 Å². The standard InChI is InChI=1S/C21H24N2/c1-3-12-23(16-18-8-6-7-17(2)14-18)13-11-19-15-22-21-10-5-4-9-20(19)21/h3-10,14-15,22H,1,11-13,16H2,2H3. The minimum absolute atomic E-state index is 0.913. The van der Waals surface area contributed by atoms with Crippen LogP contribution in [0.15, 0.2) is 67.4 Å². The Hall–Kier alpha value is -2.32. The number of aromatic nitrogens is 1. The van der Waals surface area contributed by atoms with Gasteiger partial charge in [0.05, 0.1) is 0 Å². The molecule has 0 aliphatic rings. The van der Waals surface area contributed by atoms with Crippen LogP contribution in [-0.4, -0.2) is 23.0 Å². The molecule has 1 heterocycles. The summed E-state index contributed by atoms with van der Waals surface area (Å²) in [5, 5.41) is 1.33. The highest BCUT2D eigenvalue weighted by Gasteiger charge is 2.08. The first kappa shape index (κ1) is 15.6. The minimum Gasteiger partial charge on any atom is -0.361 e. The van der Waals surface area contributed by atoms with Gasteiger partial charge in [-0.25, -0.2) is 0 Å². The molecule has 0 atom stereocenters. The molecule has 23 heavy (non-hydrogen) atoms. The molecule has 0 bridgehead atoms. The second-order valence-electron chi connectivity index (χ2n) is 6.12. The first-order valence-corrected chi connectivity index (χ1v) is 8.20. The number of rotatable bonds is 7. The van der Waals surface area contributed by atoms with Crippen LogP contribution in [0.5, 0.6) is 0 Å². The highest BCUT2D eigenvalue weighted by Crippen LogP contribution is 2.18. The normalized spacial score (nSPS) is 11.2. The van der Waals surface area contributed by atoms with Crippen LogP contribution in [0, 0.1) is 6.92 Å². The van der Waals surface area contributed by atoms with Crippen molar-refractivity contribution >= 4 is 10.9 Å². The van der Waals surface area contributed by atoms with E-state index in [2.05, 4.69) is 78.1 Å². The first-order chi connectivity index (χ1) is 11.3. The molecule has 2 aromatic carbocycles. The summed E-state index contributed by atoms with van der Waals surface area (Å²) in [7, 11) is 0. The monoisotopic (exact) mass is 304 g/mol. The summed E-state index contributed by atoms with van der Waals surface area (Å²) in [5.74, 6) is 0. The average molecular weight is 304 g/mol. The molecule has 0 saturated heterocycles. The molecular weight excluding hydrogens is 280 g/mol. The molecule has 2 heteroatoms. The van der Waals surface area contributed by atoms with Crippen LogP contribution < -0.4 is 0 Å². The van der Waals surface area contributed by atoms with Gasteiger partial charge in [0.25, 0.3) is 0 Å². The Balaban J connectivity index is 1.68. The van der Waals surface area contributed by atoms with Gasteiger partial charge in [-0.15, -0.1) is 6.58 Å². The fourth-order valence-corrected chi connectivity index (χ4v) is 3.10. The molecule has 0 amide bonds. The molecule has 118 valence electrons. The van der Waals surface area contributed by atoms with E-state index in [4.69, 9.17) is 0 Å². The Bertz CT molecular complexity index is 785. The summed E-state index contributed by atoms with van der Waals surface area (Å²) in [4.78, 5) is 5.81. The number of benzene rings is 2. The van der Waals surface area contributed by atoms with Crippen LogP contribution in [0.4, 0.5) is 0 Å². The summed E-state index contributed by atoms with van der Waals surface area (Å²) in [6.07, 6.45) is 5.18. The van der Waals surface area contributed by atoms with Gasteiger partial charge in [-0.2, -0.15) is 0 Å². The van der Waals surface area contributed by atoms with Crippen LogP contribution in [0.3, 0.4) is 0 Å². The molecule has 3 rings (SSSR count). The molecule has 0 radical (unpaired) electrons. The smallest absolute Gasteiger partial charge is 0.0456 e. The Morgan fingerprint density at radius 2 is 2.00 bits per heavy atom. The highest BCUT2D eigenvalue weighted by atomic mass is 15.1. The molecule has 1 aromatic heterocycles. The van der Waals surface area contributed by atoms with Gasteiger partial charge >= 0.3 is 0 Å². The molecule has 0 fully saturated rings. The Morgan fingerprint density at radius 3 is 2.83 bits per heavy atom. The zero-order chi connectivity index (χ0) is 16.1. The minimum atomic E-state index is 0.913. The predicted octanol–water partition coefficient (Wildman–Crippen LogP) is 4.71. The summed E-state index contributed by atoms with van der Waals surface area (Å²) >= 11 is 0. The molecule has 0 saturated carbocycles. The molecule has 0 aliphatic heterocycles. The van der Waals surface area contributed by atoms with E-state index in [9.17, 15) is 0 Å². The average Bonchev–Trinajstić information content (AvgIpc) is 2.96. The lowest BCUT2D eigenvalue weighted by Crippen LogP contribution is -2.25. The molecule has 3 aromatic rings. The van der Waals surface area contributed by atoms with Crippen molar-refractivity contribution in [2.45, 2.75) is 19.9 Å². The fourth-order valence-electron chi connectivity index (χ4n) is 3.10. The Labute approximate surface area is 138 Å². The second-order valence-corrected chi connectivity index (χ2v) is 6.12. The molecular formula is C21H24N2. The van der Waals surface area contributed by atoms with E-state index >= 15 is 0 Å². The van der Waals surface area contributed by atoms with E-state index in [1.807, 2.05) is 6.08 Å². The summed E-state index contributed by atoms with van der Waals surface area (Å²) in [6.45, 7) is 8.96. The van der Waals surface area contributed by atoms with Gasteiger partial charge in [0.2, 0.25) is 0 Å². The van der Waals surface area contributed by atoms with E-state index < -0.39 is 0 Å². The number of H-pyrrole nitrogens is 1. The van der Waals surface area contributed by atoms with E-state index in [0.29, 0.717) is 0 Å². The predicted molar refractivity (Wildman–Crippen MR) is 98.7 cm³/mol. The van der Waals surface area contributed by atoms with Crippen LogP contribution in [0.2, 0.25) is 0 Å². The summed E-state index contributed by atoms with van der Waals surface area (Å²) < 4.78 is 0. The highest BCUT2D eigenvalue weighted by molar-refractivity contribution is 5.83. The SMILES string of the molecule is C=CCN(CCc1c[nH]c2ccccc12)Cc1cccc(C)c1. The largest absolute Gasteiger partial charge is 0.361 e. The number of hydrogen-bond donors (Lipinski definition) is 1. The zero-order valence-corrected chi connectivity index (χ0v) is 13.8. The zero-order valence-electron chi connectivity index (χ0n) is 13.8. The topological polar surface area (TPSA) is 19.0 Å². The number of nitrogens with one attached hydrogen (secondary N) is 1. The third kappa shape index (κ3) is 3.91. The lowest BCUT2D eigenvalue weighted by Gasteiger charge is -2.21. The van der Waals surface area contributed by atoms with Crippen molar-refractivity contribution in [1.82, 2.24) is 9.88 Å². The number of aromatic amines is 1. The van der Waals surface area contributed by atoms with Gasteiger partial charge in [-0.05, 0) is 30.5 Å². The van der Waals surface area contributed by atoms with Crippen molar-refractivity contribution in [2.24, 2.45) is 0 Å². The molecule has 2 nitrogen and oxygen atoms in total. The molecule has 0 spiro atoms. The third-order valence-corrected chi connectivity index (χ3v) is 4.25. The van der Waals surface area contributed by atoms with Crippen molar-refractivity contribution in [2.75, 3.05) is 13.1 Å². The number of para-hydroxylation sites is 1. The van der Waals surface area contributed by atoms with Crippen LogP contribution in [-0.2, 0) is 13.0 Å². The van der Waals surface area contributed by atoms with Gasteiger partial charge in [-0.1, -0.05) is 54.1 Å². The fraction of sp³-hybridized carbons (Fsp3) is 0.238. The lowest BCUT2D eigenvalue weighted by atomic mass is 10.1. The van der Waals surface area contributed by atoms with Gasteiger partial charge in [-0.3, -0.25) is 4.90 Å². The van der Waals surface area contributed by atoms with Gasteiger partial charge < -0.3 is 4.98 Å².